The summed E-state index contributed by atoms with van der Waals surface area (Å²) in [6, 6.07) is 69.3. The van der Waals surface area contributed by atoms with Crippen molar-refractivity contribution in [2.45, 2.75) is 84.1 Å². The normalized spacial score (nSPS) is 14.8. The Morgan fingerprint density at radius 3 is 1.22 bits per heavy atom. The molecule has 0 N–H and O–H groups in total. The van der Waals surface area contributed by atoms with E-state index in [0.717, 1.165) is 27.9 Å². The first-order valence-corrected chi connectivity index (χ1v) is 25.8. The average molecular weight is 1140 g/mol. The van der Waals surface area contributed by atoms with E-state index in [9.17, 15) is 0 Å². The number of hydrogen-bond acceptors (Lipinski definition) is 1. The molecule has 0 saturated carbocycles. The first kappa shape index (κ1) is 47.8. The van der Waals surface area contributed by atoms with Gasteiger partial charge in [-0.3, -0.25) is 4.98 Å². The van der Waals surface area contributed by atoms with Gasteiger partial charge in [0.2, 0.25) is 6.33 Å². The molecular formula is C70H59N3Pt-2. The quantitative estimate of drug-likeness (QED) is 0.120. The van der Waals surface area contributed by atoms with Crippen molar-refractivity contribution in [3.63, 3.8) is 0 Å². The minimum atomic E-state index is -0.831. The summed E-state index contributed by atoms with van der Waals surface area (Å²) >= 11 is 0. The summed E-state index contributed by atoms with van der Waals surface area (Å²) in [6.07, 6.45) is 10.0. The second-order valence-electron chi connectivity index (χ2n) is 22.5. The molecule has 8 aromatic carbocycles. The predicted octanol–water partition coefficient (Wildman–Crippen LogP) is 14.8. The van der Waals surface area contributed by atoms with Gasteiger partial charge in [0.25, 0.3) is 0 Å². The van der Waals surface area contributed by atoms with Crippen molar-refractivity contribution in [2.75, 3.05) is 0 Å². The molecule has 10 aromatic rings. The van der Waals surface area contributed by atoms with Gasteiger partial charge >= 0.3 is 0 Å². The van der Waals surface area contributed by atoms with Crippen LogP contribution in [0.15, 0.2) is 176 Å². The van der Waals surface area contributed by atoms with Gasteiger partial charge in [0.05, 0.1) is 18.2 Å². The third-order valence-electron chi connectivity index (χ3n) is 16.6. The Bertz CT molecular complexity index is 3800. The summed E-state index contributed by atoms with van der Waals surface area (Å²) in [4.78, 5) is 5.43. The van der Waals surface area contributed by atoms with E-state index in [1.807, 2.05) is 10.8 Å². The second kappa shape index (κ2) is 16.9. The number of imidazole rings is 1. The SMILES string of the molecule is Cc1ccc2c(c1)-c1cc(C)ccc1C2(c1[c-]c(C2(c3cc(C(C)(C)C)ccn3)c3ccc(C)cc3-c3cc(C)ccc32)ccc1)c1[c-]c(C2(n3[c-][n+](C)cc3)c3ccc(C)cc3-c3cc(C)ccc32)ccc1.[Pt]. The van der Waals surface area contributed by atoms with Gasteiger partial charge in [-0.25, -0.2) is 0 Å². The maximum absolute atomic E-state index is 5.43. The number of benzene rings is 8. The number of rotatable bonds is 6. The van der Waals surface area contributed by atoms with Gasteiger partial charge in [-0.05, 0) is 133 Å². The summed E-state index contributed by atoms with van der Waals surface area (Å²) in [6.45, 7) is 20.1. The third-order valence-corrected chi connectivity index (χ3v) is 16.6. The molecule has 0 spiro atoms. The largest absolute Gasteiger partial charge is 0.354 e. The fourth-order valence-electron chi connectivity index (χ4n) is 13.3. The summed E-state index contributed by atoms with van der Waals surface area (Å²) in [5, 5.41) is 0. The molecule has 366 valence electrons. The molecule has 0 radical (unpaired) electrons. The predicted molar refractivity (Wildman–Crippen MR) is 295 cm³/mol. The van der Waals surface area contributed by atoms with E-state index < -0.39 is 16.4 Å². The van der Waals surface area contributed by atoms with Crippen LogP contribution in [0.4, 0.5) is 0 Å². The molecule has 0 amide bonds. The molecule has 2 aromatic heterocycles. The zero-order chi connectivity index (χ0) is 50.3. The van der Waals surface area contributed by atoms with E-state index in [1.54, 1.807) is 0 Å². The van der Waals surface area contributed by atoms with Crippen LogP contribution in [0.5, 0.6) is 0 Å². The number of aryl methyl sites for hydroxylation is 7. The smallest absolute Gasteiger partial charge is 0.204 e. The van der Waals surface area contributed by atoms with Gasteiger partial charge in [-0.2, -0.15) is 48.5 Å². The molecule has 4 heteroatoms. The first-order chi connectivity index (χ1) is 35.1. The van der Waals surface area contributed by atoms with Gasteiger partial charge in [-0.1, -0.05) is 163 Å². The van der Waals surface area contributed by atoms with Crippen LogP contribution < -0.4 is 4.57 Å². The molecule has 0 aliphatic heterocycles. The van der Waals surface area contributed by atoms with E-state index in [0.29, 0.717) is 0 Å². The molecule has 2 heterocycles. The Kier molecular flexibility index (Phi) is 10.9. The van der Waals surface area contributed by atoms with Gasteiger partial charge in [0.15, 0.2) is 0 Å². The van der Waals surface area contributed by atoms with Crippen molar-refractivity contribution in [1.82, 2.24) is 9.55 Å². The number of nitrogens with zero attached hydrogens (tertiary/aromatic N) is 3. The Balaban J connectivity index is 0.00000556. The molecule has 0 saturated heterocycles. The minimum Gasteiger partial charge on any atom is -0.354 e. The zero-order valence-corrected chi connectivity index (χ0v) is 46.2. The van der Waals surface area contributed by atoms with Crippen molar-refractivity contribution in [1.29, 1.82) is 0 Å². The Labute approximate surface area is 451 Å². The average Bonchev–Trinajstić information content (AvgIpc) is 4.14. The second-order valence-corrected chi connectivity index (χ2v) is 22.5. The fraction of sp³-hybridized carbons (Fsp3) is 0.200. The number of pyridine rings is 1. The first-order valence-electron chi connectivity index (χ1n) is 25.8. The molecule has 0 bridgehead atoms. The van der Waals surface area contributed by atoms with E-state index >= 15 is 0 Å². The summed E-state index contributed by atoms with van der Waals surface area (Å²) < 4.78 is 4.33. The van der Waals surface area contributed by atoms with Gasteiger partial charge in [0, 0.05) is 43.8 Å². The molecular weight excluding hydrogens is 1080 g/mol. The summed E-state index contributed by atoms with van der Waals surface area (Å²) in [5.74, 6) is 0. The molecule has 3 nitrogen and oxygen atoms in total. The molecule has 3 aliphatic rings. The van der Waals surface area contributed by atoms with Gasteiger partial charge < -0.3 is 9.13 Å². The van der Waals surface area contributed by atoms with Crippen molar-refractivity contribution >= 4 is 0 Å². The molecule has 13 rings (SSSR count). The van der Waals surface area contributed by atoms with Crippen molar-refractivity contribution in [3.05, 3.63) is 295 Å². The zero-order valence-electron chi connectivity index (χ0n) is 43.9. The van der Waals surface area contributed by atoms with Crippen molar-refractivity contribution in [3.8, 4) is 33.4 Å². The standard InChI is InChI=1S/C70H59N3.Pt/c1-43-17-23-60-54(33-43)55-34-44(2)18-24-61(55)68(60,51-14-12-16-53(40-51)70(73-32-31-72(10)42-73)64-27-21-47(5)37-58(64)59-38-48(6)22-28-65(59)70)50-13-11-15-52(39-50)69(66-41-49(29-30-71-66)67(7,8)9)62-25-19-45(3)35-56(62)57-36-46(4)20-26-63(57)69;/h11-38,41H,1-10H3;/q-2;. The molecule has 0 unspecified atom stereocenters. The van der Waals surface area contributed by atoms with E-state index in [2.05, 4.69) is 263 Å². The van der Waals surface area contributed by atoms with Crippen LogP contribution in [0.2, 0.25) is 0 Å². The number of hydrogen-bond donors (Lipinski definition) is 0. The van der Waals surface area contributed by atoms with Crippen LogP contribution in [0, 0.1) is 60.0 Å². The van der Waals surface area contributed by atoms with Crippen LogP contribution in [0.3, 0.4) is 0 Å². The number of aromatic nitrogens is 3. The van der Waals surface area contributed by atoms with E-state index in [4.69, 9.17) is 4.98 Å². The van der Waals surface area contributed by atoms with E-state index in [1.165, 1.54) is 106 Å². The summed E-state index contributed by atoms with van der Waals surface area (Å²) in [5.41, 5.74) is 26.3. The van der Waals surface area contributed by atoms with Crippen molar-refractivity contribution < 1.29 is 25.6 Å². The molecule has 74 heavy (non-hydrogen) atoms. The monoisotopic (exact) mass is 1140 g/mol. The third kappa shape index (κ3) is 6.61. The van der Waals surface area contributed by atoms with Crippen molar-refractivity contribution in [2.24, 2.45) is 7.05 Å². The molecule has 3 aliphatic carbocycles. The Hall–Kier alpha value is -7.19. The maximum Gasteiger partial charge on any atom is 0.204 e. The van der Waals surface area contributed by atoms with E-state index in [-0.39, 0.29) is 26.5 Å². The van der Waals surface area contributed by atoms with Crippen LogP contribution in [0.1, 0.15) is 121 Å². The van der Waals surface area contributed by atoms with Gasteiger partial charge in [0.1, 0.15) is 5.54 Å². The Morgan fingerprint density at radius 2 is 0.811 bits per heavy atom. The molecule has 0 fully saturated rings. The van der Waals surface area contributed by atoms with Crippen LogP contribution >= 0.6 is 0 Å². The van der Waals surface area contributed by atoms with Crippen LogP contribution in [0.25, 0.3) is 33.4 Å². The van der Waals surface area contributed by atoms with Crippen LogP contribution in [-0.4, -0.2) is 9.55 Å². The number of fused-ring (bicyclic) bond motifs is 9. The fourth-order valence-corrected chi connectivity index (χ4v) is 13.3. The van der Waals surface area contributed by atoms with Gasteiger partial charge in [-0.15, -0.1) is 22.3 Å². The summed E-state index contributed by atoms with van der Waals surface area (Å²) in [7, 11) is 2.06. The van der Waals surface area contributed by atoms with Crippen LogP contribution in [-0.2, 0) is 49.9 Å². The topological polar surface area (TPSA) is 21.7 Å². The Morgan fingerprint density at radius 1 is 0.446 bits per heavy atom. The minimum absolute atomic E-state index is 0. The molecule has 0 atom stereocenters. The maximum atomic E-state index is 5.43.